The maximum atomic E-state index is 9.58. The van der Waals surface area contributed by atoms with Crippen molar-refractivity contribution in [2.75, 3.05) is 0 Å². The van der Waals surface area contributed by atoms with E-state index in [1.54, 1.807) is 0 Å². The van der Waals surface area contributed by atoms with E-state index in [0.717, 1.165) is 0 Å². The van der Waals surface area contributed by atoms with Crippen LogP contribution >= 0.6 is 0 Å². The normalized spacial score (nSPS) is 11.9. The molecule has 0 rings (SSSR count). The zero-order chi connectivity index (χ0) is 14.9. The molecule has 0 aliphatic carbocycles. The molecule has 0 aliphatic heterocycles. The Hall–Kier alpha value is -1.51. The van der Waals surface area contributed by atoms with Gasteiger partial charge >= 0.3 is 21.1 Å². The first-order chi connectivity index (χ1) is 8.07. The summed E-state index contributed by atoms with van der Waals surface area (Å²) in [6, 6.07) is 0. The summed E-state index contributed by atoms with van der Waals surface area (Å²) in [5.74, 6) is -6.85. The van der Waals surface area contributed by atoms with Gasteiger partial charge in [-0.15, -0.1) is 0 Å². The van der Waals surface area contributed by atoms with Crippen molar-refractivity contribution in [2.45, 2.75) is 25.0 Å². The average molecular weight is 360 g/mol. The molecule has 0 fully saturated rings. The Kier molecular flexibility index (Phi) is 13.8. The van der Waals surface area contributed by atoms with Crippen molar-refractivity contribution in [3.8, 4) is 0 Å². The minimum Gasteiger partial charge on any atom is -0.550 e. The van der Waals surface area contributed by atoms with E-state index in [1.165, 1.54) is 0 Å². The van der Waals surface area contributed by atoms with Crippen LogP contribution in [0.5, 0.6) is 0 Å². The number of carboxylic acid groups (broad SMARTS) is 4. The predicted octanol–water partition coefficient (Wildman–Crippen LogP) is -7.53. The van der Waals surface area contributed by atoms with E-state index in [9.17, 15) is 39.6 Å². The summed E-state index contributed by atoms with van der Waals surface area (Å²) >= 11 is 0. The van der Waals surface area contributed by atoms with Crippen LogP contribution in [-0.4, -0.2) is 46.3 Å². The van der Waals surface area contributed by atoms with Crippen LogP contribution in [0, 0.1) is 0 Å². The third kappa shape index (κ3) is 16.5. The molecule has 106 valence electrons. The van der Waals surface area contributed by atoms with E-state index in [4.69, 9.17) is 10.2 Å². The van der Waals surface area contributed by atoms with E-state index in [0.29, 0.717) is 0 Å². The van der Waals surface area contributed by atoms with Gasteiger partial charge in [-0.3, -0.25) is 0 Å². The third-order valence-corrected chi connectivity index (χ3v) is 1.26. The number of carbonyl (C=O) groups excluding carboxylic acids is 4. The molecule has 0 spiro atoms. The van der Waals surface area contributed by atoms with Crippen molar-refractivity contribution in [2.24, 2.45) is 0 Å². The zero-order valence-corrected chi connectivity index (χ0v) is 11.1. The van der Waals surface area contributed by atoms with E-state index < -0.39 is 48.9 Å². The molecular formula is C8H8MoO10. The maximum Gasteiger partial charge on any atom is 4.00 e. The van der Waals surface area contributed by atoms with Crippen molar-refractivity contribution in [3.63, 3.8) is 0 Å². The Balaban J connectivity index is -0.000000256. The summed E-state index contributed by atoms with van der Waals surface area (Å²) in [5.41, 5.74) is 0. The number of carboxylic acids is 4. The van der Waals surface area contributed by atoms with Gasteiger partial charge in [0.25, 0.3) is 0 Å². The molecule has 0 aliphatic rings. The number of hydrogen-bond donors (Lipinski definition) is 2. The molecule has 0 aromatic heterocycles. The van der Waals surface area contributed by atoms with Gasteiger partial charge in [-0.05, 0) is 0 Å². The number of carbonyl (C=O) groups is 4. The van der Waals surface area contributed by atoms with Gasteiger partial charge in [0, 0.05) is 24.8 Å². The van der Waals surface area contributed by atoms with Gasteiger partial charge < -0.3 is 49.8 Å². The van der Waals surface area contributed by atoms with Crippen LogP contribution in [-0.2, 0) is 40.2 Å². The van der Waals surface area contributed by atoms with Gasteiger partial charge in [0.2, 0.25) is 0 Å². The second-order valence-corrected chi connectivity index (χ2v) is 2.82. The maximum absolute atomic E-state index is 9.58. The summed E-state index contributed by atoms with van der Waals surface area (Å²) in [4.78, 5) is 38.3. The van der Waals surface area contributed by atoms with Crippen LogP contribution in [0.4, 0.5) is 0 Å². The fourth-order valence-corrected chi connectivity index (χ4v) is 0.482. The summed E-state index contributed by atoms with van der Waals surface area (Å²) in [5, 5.41) is 54.7. The molecule has 19 heavy (non-hydrogen) atoms. The molecule has 0 amide bonds. The van der Waals surface area contributed by atoms with E-state index >= 15 is 0 Å². The molecule has 0 saturated carbocycles. The molecule has 0 aromatic carbocycles. The van der Waals surface area contributed by atoms with Crippen LogP contribution in [0.2, 0.25) is 0 Å². The molecule has 10 nitrogen and oxygen atoms in total. The van der Waals surface area contributed by atoms with Gasteiger partial charge in [-0.1, -0.05) is 0 Å². The van der Waals surface area contributed by atoms with Crippen LogP contribution in [0.15, 0.2) is 0 Å². The first-order valence-electron chi connectivity index (χ1n) is 4.25. The van der Waals surface area contributed by atoms with Gasteiger partial charge in [0.15, 0.2) is 0 Å². The number of hydrogen-bond acceptors (Lipinski definition) is 10. The molecule has 0 radical (unpaired) electrons. The van der Waals surface area contributed by atoms with Crippen LogP contribution in [0.1, 0.15) is 12.8 Å². The predicted molar refractivity (Wildman–Crippen MR) is 41.3 cm³/mol. The molecule has 2 unspecified atom stereocenters. The Morgan fingerprint density at radius 1 is 0.737 bits per heavy atom. The van der Waals surface area contributed by atoms with E-state index in [2.05, 4.69) is 0 Å². The van der Waals surface area contributed by atoms with Crippen molar-refractivity contribution in [3.05, 3.63) is 0 Å². The fourth-order valence-electron chi connectivity index (χ4n) is 0.482. The standard InChI is InChI=1S/2C4H6O5.Mo/c2*5-2(4(8)9)1-3(6)7;/h2*2,5H,1H2,(H,6,7)(H,8,9);/q;;+4/p-4. The van der Waals surface area contributed by atoms with Crippen molar-refractivity contribution in [1.29, 1.82) is 0 Å². The van der Waals surface area contributed by atoms with Gasteiger partial charge in [-0.25, -0.2) is 0 Å². The molecular weight excluding hydrogens is 352 g/mol. The topological polar surface area (TPSA) is 201 Å². The number of aliphatic hydroxyl groups is 2. The smallest absolute Gasteiger partial charge is 0.550 e. The largest absolute Gasteiger partial charge is 4.00 e. The first kappa shape index (κ1) is 22.6. The molecule has 0 bridgehead atoms. The van der Waals surface area contributed by atoms with Gasteiger partial charge in [-0.2, -0.15) is 0 Å². The first-order valence-corrected chi connectivity index (χ1v) is 4.25. The Morgan fingerprint density at radius 2 is 0.947 bits per heavy atom. The second-order valence-electron chi connectivity index (χ2n) is 2.82. The molecule has 2 N–H and O–H groups in total. The molecule has 0 saturated heterocycles. The quantitative estimate of drug-likeness (QED) is 0.428. The summed E-state index contributed by atoms with van der Waals surface area (Å²) in [6.07, 6.45) is -5.78. The minimum absolute atomic E-state index is 0. The summed E-state index contributed by atoms with van der Waals surface area (Å²) in [7, 11) is 0. The monoisotopic (exact) mass is 362 g/mol. The Morgan fingerprint density at radius 3 is 1.00 bits per heavy atom. The van der Waals surface area contributed by atoms with Crippen LogP contribution in [0.25, 0.3) is 0 Å². The minimum atomic E-state index is -1.96. The van der Waals surface area contributed by atoms with Gasteiger partial charge in [0.1, 0.15) is 0 Å². The van der Waals surface area contributed by atoms with Crippen molar-refractivity contribution >= 4 is 23.9 Å². The van der Waals surface area contributed by atoms with Crippen molar-refractivity contribution in [1.82, 2.24) is 0 Å². The third-order valence-electron chi connectivity index (χ3n) is 1.26. The van der Waals surface area contributed by atoms with Crippen LogP contribution in [0.3, 0.4) is 0 Å². The molecule has 0 aromatic rings. The summed E-state index contributed by atoms with van der Waals surface area (Å²) in [6.45, 7) is 0. The van der Waals surface area contributed by atoms with E-state index in [1.807, 2.05) is 0 Å². The zero-order valence-electron chi connectivity index (χ0n) is 9.14. The van der Waals surface area contributed by atoms with Crippen molar-refractivity contribution < 1.29 is 70.9 Å². The Labute approximate surface area is 120 Å². The van der Waals surface area contributed by atoms with E-state index in [-0.39, 0.29) is 21.1 Å². The molecule has 2 atom stereocenters. The number of aliphatic hydroxyl groups excluding tert-OH is 2. The Bertz CT molecular complexity index is 295. The SMILES string of the molecule is O=C([O-])CC(O)C(=O)[O-].O=C([O-])CC(O)C(=O)[O-].[Mo+4]. The summed E-state index contributed by atoms with van der Waals surface area (Å²) < 4.78 is 0. The number of aliphatic carboxylic acids is 4. The van der Waals surface area contributed by atoms with Gasteiger partial charge in [0.05, 0.1) is 24.1 Å². The molecule has 11 heteroatoms. The van der Waals surface area contributed by atoms with Crippen LogP contribution < -0.4 is 20.4 Å². The number of rotatable bonds is 6. The molecule has 0 heterocycles. The average Bonchev–Trinajstić information content (AvgIpc) is 2.16. The second kappa shape index (κ2) is 11.6. The fraction of sp³-hybridized carbons (Fsp3) is 0.500.